The van der Waals surface area contributed by atoms with Gasteiger partial charge in [0.2, 0.25) is 5.91 Å². The second-order valence-electron chi connectivity index (χ2n) is 5.94. The number of aromatic nitrogens is 1. The van der Waals surface area contributed by atoms with Crippen LogP contribution >= 0.6 is 23.1 Å². The minimum atomic E-state index is 0.0424. The van der Waals surface area contributed by atoms with Crippen molar-refractivity contribution in [3.05, 3.63) is 45.9 Å². The maximum atomic E-state index is 12.9. The van der Waals surface area contributed by atoms with E-state index in [-0.39, 0.29) is 11.8 Å². The molecular weight excluding hydrogens is 354 g/mol. The van der Waals surface area contributed by atoms with Gasteiger partial charge >= 0.3 is 0 Å². The highest BCUT2D eigenvalue weighted by Crippen LogP contribution is 2.28. The number of rotatable bonds is 4. The van der Waals surface area contributed by atoms with Gasteiger partial charge in [-0.25, -0.2) is 4.98 Å². The van der Waals surface area contributed by atoms with Gasteiger partial charge in [-0.1, -0.05) is 12.1 Å². The second kappa shape index (κ2) is 8.01. The molecule has 0 radical (unpaired) electrons. The van der Waals surface area contributed by atoms with Crippen molar-refractivity contribution in [2.24, 2.45) is 0 Å². The normalized spacial score (nSPS) is 14.6. The fourth-order valence-corrected chi connectivity index (χ4v) is 4.45. The number of piperazine rings is 1. The van der Waals surface area contributed by atoms with E-state index in [1.165, 1.54) is 0 Å². The van der Waals surface area contributed by atoms with Crippen LogP contribution in [0.4, 0.5) is 0 Å². The summed E-state index contributed by atoms with van der Waals surface area (Å²) >= 11 is 3.29. The summed E-state index contributed by atoms with van der Waals surface area (Å²) in [6.07, 6.45) is 0. The van der Waals surface area contributed by atoms with Crippen molar-refractivity contribution in [3.63, 3.8) is 0 Å². The number of benzene rings is 1. The first kappa shape index (κ1) is 17.9. The first-order chi connectivity index (χ1) is 12.0. The van der Waals surface area contributed by atoms with Gasteiger partial charge in [0.15, 0.2) is 0 Å². The van der Waals surface area contributed by atoms with Crippen molar-refractivity contribution in [1.29, 1.82) is 0 Å². The number of thioether (sulfide) groups is 1. The molecule has 1 aliphatic rings. The molecule has 1 saturated heterocycles. The molecule has 2 aromatic rings. The Kier molecular flexibility index (Phi) is 5.75. The van der Waals surface area contributed by atoms with Crippen LogP contribution in [0.1, 0.15) is 28.0 Å². The third kappa shape index (κ3) is 4.41. The highest BCUT2D eigenvalue weighted by atomic mass is 32.2. The van der Waals surface area contributed by atoms with Gasteiger partial charge in [0, 0.05) is 49.1 Å². The van der Waals surface area contributed by atoms with Crippen molar-refractivity contribution >= 4 is 34.9 Å². The molecule has 1 fully saturated rings. The summed E-state index contributed by atoms with van der Waals surface area (Å²) in [7, 11) is 0. The van der Waals surface area contributed by atoms with E-state index >= 15 is 0 Å². The van der Waals surface area contributed by atoms with Crippen LogP contribution < -0.4 is 0 Å². The Bertz CT molecular complexity index is 767. The molecule has 1 aromatic carbocycles. The maximum absolute atomic E-state index is 12.9. The van der Waals surface area contributed by atoms with Crippen molar-refractivity contribution < 1.29 is 9.59 Å². The molecule has 0 N–H and O–H groups in total. The smallest absolute Gasteiger partial charge is 0.255 e. The number of hydrogen-bond acceptors (Lipinski definition) is 5. The highest BCUT2D eigenvalue weighted by Gasteiger charge is 2.24. The van der Waals surface area contributed by atoms with Crippen molar-refractivity contribution in [3.8, 4) is 0 Å². The largest absolute Gasteiger partial charge is 0.339 e. The van der Waals surface area contributed by atoms with Crippen LogP contribution in [0.2, 0.25) is 0 Å². The predicted octanol–water partition coefficient (Wildman–Crippen LogP) is 3.05. The van der Waals surface area contributed by atoms with Gasteiger partial charge in [-0.3, -0.25) is 9.59 Å². The van der Waals surface area contributed by atoms with Gasteiger partial charge in [0.1, 0.15) is 0 Å². The van der Waals surface area contributed by atoms with Crippen LogP contribution in [0.15, 0.2) is 34.5 Å². The standard InChI is InChI=1S/C18H21N3O2S2/c1-13-19-15(11-24-13)12-25-17-6-4-3-5-16(17)18(23)21-9-7-20(8-10-21)14(2)22/h3-6,11H,7-10,12H2,1-2H3. The van der Waals surface area contributed by atoms with Crippen LogP contribution in [0.25, 0.3) is 0 Å². The number of carbonyl (C=O) groups is 2. The zero-order valence-electron chi connectivity index (χ0n) is 14.4. The molecular formula is C18H21N3O2S2. The molecule has 0 unspecified atom stereocenters. The van der Waals surface area contributed by atoms with E-state index in [4.69, 9.17) is 0 Å². The number of carbonyl (C=O) groups excluding carboxylic acids is 2. The molecule has 2 heterocycles. The number of thiazole rings is 1. The van der Waals surface area contributed by atoms with E-state index in [9.17, 15) is 9.59 Å². The average molecular weight is 376 g/mol. The van der Waals surface area contributed by atoms with E-state index in [1.807, 2.05) is 36.1 Å². The fourth-order valence-electron chi connectivity index (χ4n) is 2.79. The molecule has 3 rings (SSSR count). The minimum Gasteiger partial charge on any atom is -0.339 e. The van der Waals surface area contributed by atoms with E-state index in [1.54, 1.807) is 34.9 Å². The molecule has 2 amide bonds. The van der Waals surface area contributed by atoms with Gasteiger partial charge in [0.05, 0.1) is 16.3 Å². The van der Waals surface area contributed by atoms with Gasteiger partial charge in [-0.2, -0.15) is 0 Å². The lowest BCUT2D eigenvalue weighted by atomic mass is 10.2. The lowest BCUT2D eigenvalue weighted by Gasteiger charge is -2.34. The Morgan fingerprint density at radius 1 is 1.16 bits per heavy atom. The SMILES string of the molecule is CC(=O)N1CCN(C(=O)c2ccccc2SCc2csc(C)n2)CC1. The van der Waals surface area contributed by atoms with Crippen LogP contribution in [0.3, 0.4) is 0 Å². The molecule has 1 aliphatic heterocycles. The molecule has 5 nitrogen and oxygen atoms in total. The lowest BCUT2D eigenvalue weighted by Crippen LogP contribution is -2.50. The number of hydrogen-bond donors (Lipinski definition) is 0. The fraction of sp³-hybridized carbons (Fsp3) is 0.389. The van der Waals surface area contributed by atoms with Crippen LogP contribution in [0.5, 0.6) is 0 Å². The Balaban J connectivity index is 1.67. The van der Waals surface area contributed by atoms with E-state index in [2.05, 4.69) is 10.4 Å². The van der Waals surface area contributed by atoms with E-state index in [0.717, 1.165) is 26.9 Å². The summed E-state index contributed by atoms with van der Waals surface area (Å²) in [5, 5.41) is 3.12. The Labute approximate surface area is 156 Å². The number of aryl methyl sites for hydroxylation is 1. The van der Waals surface area contributed by atoms with Crippen LogP contribution in [0, 0.1) is 6.92 Å². The number of nitrogens with zero attached hydrogens (tertiary/aromatic N) is 3. The van der Waals surface area contributed by atoms with Gasteiger partial charge < -0.3 is 9.80 Å². The molecule has 0 aliphatic carbocycles. The molecule has 0 saturated carbocycles. The van der Waals surface area contributed by atoms with Crippen LogP contribution in [-0.2, 0) is 10.5 Å². The topological polar surface area (TPSA) is 53.5 Å². The minimum absolute atomic E-state index is 0.0424. The first-order valence-corrected chi connectivity index (χ1v) is 10.1. The average Bonchev–Trinajstić information content (AvgIpc) is 3.05. The summed E-state index contributed by atoms with van der Waals surface area (Å²) in [4.78, 5) is 33.4. The summed E-state index contributed by atoms with van der Waals surface area (Å²) in [5.41, 5.74) is 1.78. The van der Waals surface area contributed by atoms with Crippen molar-refractivity contribution in [1.82, 2.24) is 14.8 Å². The molecule has 1 aromatic heterocycles. The first-order valence-electron chi connectivity index (χ1n) is 8.22. The van der Waals surface area contributed by atoms with Crippen molar-refractivity contribution in [2.45, 2.75) is 24.5 Å². The molecule has 0 spiro atoms. The Morgan fingerprint density at radius 3 is 2.48 bits per heavy atom. The van der Waals surface area contributed by atoms with Gasteiger partial charge in [-0.05, 0) is 19.1 Å². The summed E-state index contributed by atoms with van der Waals surface area (Å²) in [6, 6.07) is 7.73. The number of amides is 2. The zero-order valence-corrected chi connectivity index (χ0v) is 16.0. The van der Waals surface area contributed by atoms with Crippen LogP contribution in [-0.4, -0.2) is 52.8 Å². The Hall–Kier alpha value is -1.86. The summed E-state index contributed by atoms with van der Waals surface area (Å²) < 4.78 is 0. The third-order valence-electron chi connectivity index (χ3n) is 4.17. The predicted molar refractivity (Wildman–Crippen MR) is 101 cm³/mol. The van der Waals surface area contributed by atoms with E-state index in [0.29, 0.717) is 26.2 Å². The Morgan fingerprint density at radius 2 is 1.84 bits per heavy atom. The highest BCUT2D eigenvalue weighted by molar-refractivity contribution is 7.98. The quantitative estimate of drug-likeness (QED) is 0.771. The zero-order chi connectivity index (χ0) is 17.8. The second-order valence-corrected chi connectivity index (χ2v) is 8.02. The maximum Gasteiger partial charge on any atom is 0.255 e. The monoisotopic (exact) mass is 375 g/mol. The molecule has 25 heavy (non-hydrogen) atoms. The molecule has 7 heteroatoms. The van der Waals surface area contributed by atoms with Gasteiger partial charge in [-0.15, -0.1) is 23.1 Å². The molecule has 0 atom stereocenters. The summed E-state index contributed by atoms with van der Waals surface area (Å²) in [5.74, 6) is 0.870. The van der Waals surface area contributed by atoms with Gasteiger partial charge in [0.25, 0.3) is 5.91 Å². The van der Waals surface area contributed by atoms with E-state index < -0.39 is 0 Å². The summed E-state index contributed by atoms with van der Waals surface area (Å²) in [6.45, 7) is 5.95. The van der Waals surface area contributed by atoms with Crippen molar-refractivity contribution in [2.75, 3.05) is 26.2 Å². The molecule has 0 bridgehead atoms. The lowest BCUT2D eigenvalue weighted by molar-refractivity contribution is -0.130. The third-order valence-corrected chi connectivity index (χ3v) is 6.10. The molecule has 132 valence electrons.